The maximum absolute atomic E-state index is 13.0. The number of nitrogens with zero attached hydrogens (tertiary/aromatic N) is 1. The van der Waals surface area contributed by atoms with Gasteiger partial charge in [-0.1, -0.05) is 24.3 Å². The van der Waals surface area contributed by atoms with Crippen molar-refractivity contribution in [2.24, 2.45) is 0 Å². The van der Waals surface area contributed by atoms with Crippen molar-refractivity contribution >= 4 is 17.3 Å². The molecule has 1 amide bonds. The first-order chi connectivity index (χ1) is 13.2. The molecule has 0 atom stereocenters. The maximum Gasteiger partial charge on any atom is 0.430 e. The standard InChI is InChI=1S/C17H12F6N2O4/c1-9(26)24-14-7-6-12(25(28)29)8-13(14)10-2-4-11(5-3-10)15(27,16(18,19)20)17(21,22)23/h2-8,27H,1H3,(H,24,26). The van der Waals surface area contributed by atoms with Crippen molar-refractivity contribution < 1.29 is 41.2 Å². The number of rotatable bonds is 4. The minimum absolute atomic E-state index is 0.0106. The Kier molecular flexibility index (Phi) is 5.61. The number of amides is 1. The fourth-order valence-electron chi connectivity index (χ4n) is 2.56. The van der Waals surface area contributed by atoms with E-state index >= 15 is 0 Å². The third kappa shape index (κ3) is 4.16. The second kappa shape index (κ2) is 7.35. The molecule has 0 aliphatic rings. The van der Waals surface area contributed by atoms with Gasteiger partial charge < -0.3 is 10.4 Å². The summed E-state index contributed by atoms with van der Waals surface area (Å²) in [5.74, 6) is -0.555. The quantitative estimate of drug-likeness (QED) is 0.430. The van der Waals surface area contributed by atoms with Crippen LogP contribution in [0.1, 0.15) is 12.5 Å². The number of halogens is 6. The smallest absolute Gasteiger partial charge is 0.369 e. The number of alkyl halides is 6. The van der Waals surface area contributed by atoms with Crippen LogP contribution in [0.4, 0.5) is 37.7 Å². The Balaban J connectivity index is 2.61. The number of hydrogen-bond donors (Lipinski definition) is 2. The average molecular weight is 422 g/mol. The van der Waals surface area contributed by atoms with Crippen molar-refractivity contribution in [1.82, 2.24) is 0 Å². The lowest BCUT2D eigenvalue weighted by atomic mass is 9.90. The highest BCUT2D eigenvalue weighted by Crippen LogP contribution is 2.50. The van der Waals surface area contributed by atoms with Crippen molar-refractivity contribution in [1.29, 1.82) is 0 Å². The summed E-state index contributed by atoms with van der Waals surface area (Å²) in [7, 11) is 0. The summed E-state index contributed by atoms with van der Waals surface area (Å²) in [6.45, 7) is 1.14. The molecule has 2 aromatic rings. The zero-order valence-corrected chi connectivity index (χ0v) is 14.4. The van der Waals surface area contributed by atoms with E-state index < -0.39 is 40.0 Å². The van der Waals surface area contributed by atoms with Gasteiger partial charge in [0.25, 0.3) is 11.3 Å². The highest BCUT2D eigenvalue weighted by molar-refractivity contribution is 5.94. The van der Waals surface area contributed by atoms with Gasteiger partial charge in [-0.25, -0.2) is 0 Å². The molecule has 0 radical (unpaired) electrons. The van der Waals surface area contributed by atoms with Crippen LogP contribution < -0.4 is 5.32 Å². The first kappa shape index (κ1) is 22.1. The highest BCUT2D eigenvalue weighted by atomic mass is 19.4. The zero-order valence-electron chi connectivity index (χ0n) is 14.4. The number of benzene rings is 2. The summed E-state index contributed by atoms with van der Waals surface area (Å²) in [6.07, 6.45) is -12.1. The minimum Gasteiger partial charge on any atom is -0.369 e. The molecule has 0 unspecified atom stereocenters. The SMILES string of the molecule is CC(=O)Nc1ccc([N+](=O)[O-])cc1-c1ccc(C(O)(C(F)(F)F)C(F)(F)F)cc1. The summed E-state index contributed by atoms with van der Waals surface area (Å²) in [5.41, 5.74) is -6.97. The summed E-state index contributed by atoms with van der Waals surface area (Å²) >= 11 is 0. The molecule has 6 nitrogen and oxygen atoms in total. The van der Waals surface area contributed by atoms with Crippen LogP contribution in [-0.4, -0.2) is 28.3 Å². The van der Waals surface area contributed by atoms with Crippen molar-refractivity contribution in [2.45, 2.75) is 24.9 Å². The van der Waals surface area contributed by atoms with Crippen molar-refractivity contribution in [3.63, 3.8) is 0 Å². The third-order valence-corrected chi connectivity index (χ3v) is 3.96. The first-order valence-electron chi connectivity index (χ1n) is 7.71. The van der Waals surface area contributed by atoms with Gasteiger partial charge >= 0.3 is 12.4 Å². The predicted molar refractivity (Wildman–Crippen MR) is 88.8 cm³/mol. The normalized spacial score (nSPS) is 12.6. The second-order valence-corrected chi connectivity index (χ2v) is 5.95. The van der Waals surface area contributed by atoms with Crippen LogP contribution in [0.2, 0.25) is 0 Å². The van der Waals surface area contributed by atoms with E-state index in [1.807, 2.05) is 0 Å². The molecule has 12 heteroatoms. The molecule has 0 aliphatic heterocycles. The Hall–Kier alpha value is -3.15. The van der Waals surface area contributed by atoms with Gasteiger partial charge in [-0.15, -0.1) is 0 Å². The molecule has 0 spiro atoms. The average Bonchev–Trinajstić information content (AvgIpc) is 2.59. The first-order valence-corrected chi connectivity index (χ1v) is 7.71. The van der Waals surface area contributed by atoms with Crippen molar-refractivity contribution in [3.05, 3.63) is 58.1 Å². The van der Waals surface area contributed by atoms with E-state index in [1.54, 1.807) is 0 Å². The van der Waals surface area contributed by atoms with E-state index in [0.717, 1.165) is 31.2 Å². The lowest BCUT2D eigenvalue weighted by Crippen LogP contribution is -2.53. The number of nitrogens with one attached hydrogen (secondary N) is 1. The van der Waals surface area contributed by atoms with Gasteiger partial charge in [-0.3, -0.25) is 14.9 Å². The van der Waals surface area contributed by atoms with Crippen LogP contribution in [0.3, 0.4) is 0 Å². The Morgan fingerprint density at radius 2 is 1.52 bits per heavy atom. The van der Waals surface area contributed by atoms with Crippen LogP contribution in [-0.2, 0) is 10.4 Å². The summed E-state index contributed by atoms with van der Waals surface area (Å²) in [5, 5.41) is 22.7. The molecule has 0 saturated heterocycles. The van der Waals surface area contributed by atoms with Crippen molar-refractivity contribution in [2.75, 3.05) is 5.32 Å². The Morgan fingerprint density at radius 3 is 1.93 bits per heavy atom. The third-order valence-electron chi connectivity index (χ3n) is 3.96. The van der Waals surface area contributed by atoms with Gasteiger partial charge in [-0.2, -0.15) is 26.3 Å². The topological polar surface area (TPSA) is 92.5 Å². The molecule has 0 aliphatic carbocycles. The van der Waals surface area contributed by atoms with Crippen LogP contribution >= 0.6 is 0 Å². The van der Waals surface area contributed by atoms with Crippen molar-refractivity contribution in [3.8, 4) is 11.1 Å². The van der Waals surface area contributed by atoms with Crippen LogP contribution in [0.15, 0.2) is 42.5 Å². The monoisotopic (exact) mass is 422 g/mol. The Bertz CT molecular complexity index is 924. The largest absolute Gasteiger partial charge is 0.430 e. The molecule has 0 fully saturated rings. The van der Waals surface area contributed by atoms with E-state index in [-0.39, 0.29) is 16.8 Å². The molecule has 0 aromatic heterocycles. The predicted octanol–water partition coefficient (Wildman–Crippen LogP) is 4.53. The molecule has 0 heterocycles. The van der Waals surface area contributed by atoms with Gasteiger partial charge in [0.1, 0.15) is 0 Å². The molecule has 2 rings (SSSR count). The molecule has 2 N–H and O–H groups in total. The van der Waals surface area contributed by atoms with Crippen LogP contribution in [0.25, 0.3) is 11.1 Å². The van der Waals surface area contributed by atoms with Gasteiger partial charge in [-0.05, 0) is 11.6 Å². The van der Waals surface area contributed by atoms with Crippen LogP contribution in [0.5, 0.6) is 0 Å². The minimum atomic E-state index is -6.04. The number of carbonyl (C=O) groups is 1. The summed E-state index contributed by atoms with van der Waals surface area (Å²) in [4.78, 5) is 21.5. The number of hydrogen-bond acceptors (Lipinski definition) is 4. The van der Waals surface area contributed by atoms with E-state index in [9.17, 15) is 46.4 Å². The fourth-order valence-corrected chi connectivity index (χ4v) is 2.56. The van der Waals surface area contributed by atoms with E-state index in [4.69, 9.17) is 0 Å². The van der Waals surface area contributed by atoms with Gasteiger partial charge in [0, 0.05) is 35.9 Å². The number of nitro benzene ring substituents is 1. The molecular formula is C17H12F6N2O4. The summed E-state index contributed by atoms with van der Waals surface area (Å²) in [6, 6.07) is 5.70. The molecular weight excluding hydrogens is 410 g/mol. The van der Waals surface area contributed by atoms with Gasteiger partial charge in [0.05, 0.1) is 4.92 Å². The van der Waals surface area contributed by atoms with E-state index in [1.165, 1.54) is 6.07 Å². The fraction of sp³-hybridized carbons (Fsp3) is 0.235. The molecule has 0 saturated carbocycles. The zero-order chi connectivity index (χ0) is 22.2. The highest BCUT2D eigenvalue weighted by Gasteiger charge is 2.71. The Labute approximate surface area is 158 Å². The van der Waals surface area contributed by atoms with E-state index in [2.05, 4.69) is 5.32 Å². The lowest BCUT2D eigenvalue weighted by molar-refractivity contribution is -0.384. The summed E-state index contributed by atoms with van der Waals surface area (Å²) < 4.78 is 77.8. The Morgan fingerprint density at radius 1 is 1.00 bits per heavy atom. The second-order valence-electron chi connectivity index (χ2n) is 5.95. The molecule has 29 heavy (non-hydrogen) atoms. The number of anilines is 1. The number of non-ortho nitro benzene ring substituents is 1. The number of aliphatic hydroxyl groups is 1. The number of nitro groups is 1. The number of carbonyl (C=O) groups excluding carboxylic acids is 1. The maximum atomic E-state index is 13.0. The van der Waals surface area contributed by atoms with Gasteiger partial charge in [0.2, 0.25) is 5.91 Å². The van der Waals surface area contributed by atoms with E-state index in [0.29, 0.717) is 12.1 Å². The lowest BCUT2D eigenvalue weighted by Gasteiger charge is -2.32. The molecule has 156 valence electrons. The van der Waals surface area contributed by atoms with Gasteiger partial charge in [0.15, 0.2) is 0 Å². The van der Waals surface area contributed by atoms with Crippen LogP contribution in [0, 0.1) is 10.1 Å². The molecule has 0 bridgehead atoms. The molecule has 2 aromatic carbocycles.